The maximum atomic E-state index is 14.2. The van der Waals surface area contributed by atoms with Gasteiger partial charge in [0, 0.05) is 44.8 Å². The Labute approximate surface area is 172 Å². The van der Waals surface area contributed by atoms with E-state index in [-0.39, 0.29) is 12.3 Å². The number of aryl methyl sites for hydroxylation is 1. The van der Waals surface area contributed by atoms with E-state index in [0.717, 1.165) is 27.8 Å². The molecule has 154 valence electrons. The molecule has 3 heterocycles. The van der Waals surface area contributed by atoms with Gasteiger partial charge in [0.15, 0.2) is 11.5 Å². The number of benzene rings is 1. The normalized spacial score (nSPS) is 11.3. The van der Waals surface area contributed by atoms with E-state index in [1.54, 1.807) is 19.4 Å². The van der Waals surface area contributed by atoms with Crippen LogP contribution in [0.4, 0.5) is 15.9 Å². The molecule has 0 bridgehead atoms. The molecule has 4 rings (SSSR count). The van der Waals surface area contributed by atoms with Crippen LogP contribution >= 0.6 is 0 Å². The molecular formula is C21H22FN7O. The summed E-state index contributed by atoms with van der Waals surface area (Å²) in [5, 5.41) is 16.2. The zero-order chi connectivity index (χ0) is 21.3. The summed E-state index contributed by atoms with van der Waals surface area (Å²) in [6, 6.07) is 6.31. The number of imidazole rings is 1. The Morgan fingerprint density at radius 3 is 2.80 bits per heavy atom. The Morgan fingerprint density at radius 2 is 2.07 bits per heavy atom. The Bertz CT molecular complexity index is 1270. The van der Waals surface area contributed by atoms with Crippen LogP contribution in [0.3, 0.4) is 0 Å². The average Bonchev–Trinajstić information content (AvgIpc) is 3.30. The number of pyridine rings is 1. The number of halogens is 1. The van der Waals surface area contributed by atoms with Gasteiger partial charge in [-0.05, 0) is 29.8 Å². The summed E-state index contributed by atoms with van der Waals surface area (Å²) >= 11 is 0. The van der Waals surface area contributed by atoms with Crippen LogP contribution in [-0.2, 0) is 13.6 Å². The van der Waals surface area contributed by atoms with E-state index in [0.29, 0.717) is 31.0 Å². The summed E-state index contributed by atoms with van der Waals surface area (Å²) in [5.74, 6) is 0.205. The van der Waals surface area contributed by atoms with Crippen LogP contribution < -0.4 is 10.6 Å². The second-order valence-corrected chi connectivity index (χ2v) is 6.97. The number of nitrogens with zero attached hydrogens (tertiary/aromatic N) is 5. The van der Waals surface area contributed by atoms with Crippen molar-refractivity contribution in [2.75, 3.05) is 32.1 Å². The molecule has 0 aliphatic carbocycles. The van der Waals surface area contributed by atoms with Crippen molar-refractivity contribution in [2.24, 2.45) is 7.05 Å². The molecule has 4 aromatic rings. The lowest BCUT2D eigenvalue weighted by Crippen LogP contribution is -2.23. The minimum Gasteiger partial charge on any atom is -0.395 e. The highest BCUT2D eigenvalue weighted by Crippen LogP contribution is 2.35. The molecule has 0 aliphatic heterocycles. The topological polar surface area (TPSA) is 84.3 Å². The van der Waals surface area contributed by atoms with Crippen molar-refractivity contribution in [3.8, 4) is 11.3 Å². The predicted octanol–water partition coefficient (Wildman–Crippen LogP) is 2.90. The fourth-order valence-electron chi connectivity index (χ4n) is 3.73. The lowest BCUT2D eigenvalue weighted by Gasteiger charge is -2.12. The van der Waals surface area contributed by atoms with E-state index >= 15 is 0 Å². The van der Waals surface area contributed by atoms with Crippen molar-refractivity contribution in [1.29, 1.82) is 0 Å². The quantitative estimate of drug-likeness (QED) is 0.324. The number of hydrogen-bond donors (Lipinski definition) is 3. The zero-order valence-corrected chi connectivity index (χ0v) is 16.8. The third-order valence-corrected chi connectivity index (χ3v) is 5.05. The molecule has 30 heavy (non-hydrogen) atoms. The summed E-state index contributed by atoms with van der Waals surface area (Å²) in [6.45, 7) is 8.96. The summed E-state index contributed by atoms with van der Waals surface area (Å²) in [7, 11) is 3.72. The molecule has 0 aliphatic rings. The third-order valence-electron chi connectivity index (χ3n) is 5.05. The molecule has 9 heteroatoms. The minimum absolute atomic E-state index is 0.0509. The molecule has 1 aromatic carbocycles. The Balaban J connectivity index is 1.98. The van der Waals surface area contributed by atoms with Crippen molar-refractivity contribution in [2.45, 2.75) is 6.54 Å². The van der Waals surface area contributed by atoms with Crippen LogP contribution in [-0.4, -0.2) is 51.0 Å². The first kappa shape index (κ1) is 19.8. The molecule has 0 atom stereocenters. The number of rotatable bonds is 7. The van der Waals surface area contributed by atoms with Crippen molar-refractivity contribution >= 4 is 33.6 Å². The van der Waals surface area contributed by atoms with Gasteiger partial charge >= 0.3 is 0 Å². The van der Waals surface area contributed by atoms with Gasteiger partial charge in [0.05, 0.1) is 25.0 Å². The van der Waals surface area contributed by atoms with Gasteiger partial charge in [0.2, 0.25) is 0 Å². The van der Waals surface area contributed by atoms with E-state index in [2.05, 4.69) is 20.5 Å². The maximum Gasteiger partial charge on any atom is 0.190 e. The molecule has 3 aromatic heterocycles. The number of hydrogen-bond acceptors (Lipinski definition) is 5. The standard InChI is InChI=1S/C21H22FN7O/c1-23-15-9-13(8-14(22)10-15)17-11-16-19-18(26-12-28(19)3)20(24-2)27-21(16)29(17)6-4-25-5-7-30/h8-12,25,30H,4-7H2,2-3H3,(H,24,27). The molecular weight excluding hydrogens is 385 g/mol. The number of aliphatic hydroxyl groups excluding tert-OH is 1. The second kappa shape index (κ2) is 8.10. The summed E-state index contributed by atoms with van der Waals surface area (Å²) in [4.78, 5) is 12.6. The van der Waals surface area contributed by atoms with Crippen LogP contribution in [0, 0.1) is 12.4 Å². The van der Waals surface area contributed by atoms with Gasteiger partial charge in [-0.2, -0.15) is 0 Å². The number of fused-ring (bicyclic) bond motifs is 3. The van der Waals surface area contributed by atoms with Gasteiger partial charge in [-0.1, -0.05) is 0 Å². The predicted molar refractivity (Wildman–Crippen MR) is 115 cm³/mol. The van der Waals surface area contributed by atoms with Crippen LogP contribution in [0.25, 0.3) is 38.2 Å². The number of aromatic nitrogens is 4. The van der Waals surface area contributed by atoms with Crippen LogP contribution in [0.1, 0.15) is 0 Å². The lowest BCUT2D eigenvalue weighted by molar-refractivity contribution is 0.291. The zero-order valence-electron chi connectivity index (χ0n) is 16.8. The highest BCUT2D eigenvalue weighted by Gasteiger charge is 2.19. The summed E-state index contributed by atoms with van der Waals surface area (Å²) in [5.41, 5.74) is 4.05. The van der Waals surface area contributed by atoms with Crippen molar-refractivity contribution in [3.05, 3.63) is 47.8 Å². The van der Waals surface area contributed by atoms with Gasteiger partial charge in [0.25, 0.3) is 0 Å². The number of nitrogens with one attached hydrogen (secondary N) is 2. The first-order valence-electron chi connectivity index (χ1n) is 9.59. The van der Waals surface area contributed by atoms with Crippen molar-refractivity contribution in [1.82, 2.24) is 24.4 Å². The first-order valence-corrected chi connectivity index (χ1v) is 9.59. The monoisotopic (exact) mass is 407 g/mol. The summed E-state index contributed by atoms with van der Waals surface area (Å²) < 4.78 is 18.1. The third kappa shape index (κ3) is 3.36. The molecule has 0 unspecified atom stereocenters. The minimum atomic E-state index is -0.455. The highest BCUT2D eigenvalue weighted by molar-refractivity contribution is 6.07. The molecule has 8 nitrogen and oxygen atoms in total. The largest absolute Gasteiger partial charge is 0.395 e. The lowest BCUT2D eigenvalue weighted by atomic mass is 10.1. The van der Waals surface area contributed by atoms with Gasteiger partial charge in [0.1, 0.15) is 17.0 Å². The molecule has 0 saturated heterocycles. The Morgan fingerprint density at radius 1 is 1.23 bits per heavy atom. The van der Waals surface area contributed by atoms with Gasteiger partial charge in [-0.3, -0.25) is 0 Å². The van der Waals surface area contributed by atoms with Gasteiger partial charge < -0.3 is 24.9 Å². The van der Waals surface area contributed by atoms with Gasteiger partial charge in [-0.25, -0.2) is 19.2 Å². The smallest absolute Gasteiger partial charge is 0.190 e. The van der Waals surface area contributed by atoms with E-state index in [4.69, 9.17) is 16.7 Å². The van der Waals surface area contributed by atoms with E-state index in [9.17, 15) is 4.39 Å². The van der Waals surface area contributed by atoms with E-state index < -0.39 is 5.82 Å². The van der Waals surface area contributed by atoms with Crippen molar-refractivity contribution in [3.63, 3.8) is 0 Å². The van der Waals surface area contributed by atoms with Crippen LogP contribution in [0.5, 0.6) is 0 Å². The Hall–Kier alpha value is -3.48. The van der Waals surface area contributed by atoms with Crippen LogP contribution in [0.15, 0.2) is 30.6 Å². The fourth-order valence-corrected chi connectivity index (χ4v) is 3.73. The molecule has 0 spiro atoms. The Kier molecular flexibility index (Phi) is 5.35. The van der Waals surface area contributed by atoms with E-state index in [1.165, 1.54) is 12.1 Å². The second-order valence-electron chi connectivity index (χ2n) is 6.97. The SMILES string of the molecule is [C-]#[N+]c1cc(F)cc(-c2cc3c4c(ncn4C)c(NC)nc3n2CCNCCO)c1. The molecule has 0 fully saturated rings. The van der Waals surface area contributed by atoms with Crippen molar-refractivity contribution < 1.29 is 9.50 Å². The molecule has 3 N–H and O–H groups in total. The molecule has 0 saturated carbocycles. The fraction of sp³-hybridized carbons (Fsp3) is 0.286. The van der Waals surface area contributed by atoms with E-state index in [1.807, 2.05) is 22.2 Å². The first-order chi connectivity index (χ1) is 14.6. The summed E-state index contributed by atoms with van der Waals surface area (Å²) in [6.07, 6.45) is 1.74. The van der Waals surface area contributed by atoms with Crippen LogP contribution in [0.2, 0.25) is 0 Å². The molecule has 0 amide bonds. The number of aliphatic hydroxyl groups is 1. The van der Waals surface area contributed by atoms with Gasteiger partial charge in [-0.15, -0.1) is 0 Å². The maximum absolute atomic E-state index is 14.2. The molecule has 0 radical (unpaired) electrons. The number of anilines is 1. The average molecular weight is 407 g/mol. The highest BCUT2D eigenvalue weighted by atomic mass is 19.1.